The number of aromatic nitrogens is 2. The van der Waals surface area contributed by atoms with Gasteiger partial charge in [0.1, 0.15) is 0 Å². The quantitative estimate of drug-likeness (QED) is 0.780. The molecule has 0 unspecified atom stereocenters. The van der Waals surface area contributed by atoms with E-state index in [9.17, 15) is 4.79 Å². The molecule has 0 saturated heterocycles. The van der Waals surface area contributed by atoms with Gasteiger partial charge < -0.3 is 10.6 Å². The minimum Gasteiger partial charge on any atom is -0.356 e. The SMILES string of the molecule is CCNC(=O)CCn1nc(C)c(CNC2CC2)c1C. The molecule has 0 radical (unpaired) electrons. The molecule has 1 amide bonds. The molecule has 1 aliphatic rings. The fourth-order valence-corrected chi connectivity index (χ4v) is 2.23. The molecular weight excluding hydrogens is 240 g/mol. The highest BCUT2D eigenvalue weighted by Gasteiger charge is 2.21. The van der Waals surface area contributed by atoms with Gasteiger partial charge in [-0.15, -0.1) is 0 Å². The highest BCUT2D eigenvalue weighted by atomic mass is 16.1. The van der Waals surface area contributed by atoms with Crippen LogP contribution in [0.5, 0.6) is 0 Å². The zero-order valence-electron chi connectivity index (χ0n) is 12.1. The van der Waals surface area contributed by atoms with E-state index in [2.05, 4.69) is 22.7 Å². The second kappa shape index (κ2) is 6.19. The van der Waals surface area contributed by atoms with E-state index in [0.29, 0.717) is 25.6 Å². The molecule has 1 aromatic rings. The smallest absolute Gasteiger partial charge is 0.221 e. The van der Waals surface area contributed by atoms with Gasteiger partial charge >= 0.3 is 0 Å². The number of hydrogen-bond acceptors (Lipinski definition) is 3. The van der Waals surface area contributed by atoms with E-state index in [1.165, 1.54) is 24.1 Å². The van der Waals surface area contributed by atoms with Crippen LogP contribution in [0.1, 0.15) is 43.1 Å². The monoisotopic (exact) mass is 264 g/mol. The van der Waals surface area contributed by atoms with Crippen LogP contribution in [-0.2, 0) is 17.9 Å². The minimum absolute atomic E-state index is 0.0905. The van der Waals surface area contributed by atoms with Gasteiger partial charge in [0.25, 0.3) is 0 Å². The summed E-state index contributed by atoms with van der Waals surface area (Å²) in [5.74, 6) is 0.0905. The lowest BCUT2D eigenvalue weighted by Crippen LogP contribution is -2.24. The van der Waals surface area contributed by atoms with Crippen LogP contribution in [0.4, 0.5) is 0 Å². The van der Waals surface area contributed by atoms with Crippen molar-refractivity contribution < 1.29 is 4.79 Å². The van der Waals surface area contributed by atoms with E-state index in [1.807, 2.05) is 18.5 Å². The maximum Gasteiger partial charge on any atom is 0.221 e. The van der Waals surface area contributed by atoms with Crippen LogP contribution in [0.3, 0.4) is 0 Å². The summed E-state index contributed by atoms with van der Waals surface area (Å²) in [4.78, 5) is 11.5. The van der Waals surface area contributed by atoms with E-state index >= 15 is 0 Å². The molecule has 5 heteroatoms. The van der Waals surface area contributed by atoms with Gasteiger partial charge in [-0.05, 0) is 33.6 Å². The highest BCUT2D eigenvalue weighted by Crippen LogP contribution is 2.21. The van der Waals surface area contributed by atoms with Gasteiger partial charge in [-0.3, -0.25) is 9.48 Å². The maximum atomic E-state index is 11.5. The third-order valence-corrected chi connectivity index (χ3v) is 3.60. The molecule has 0 spiro atoms. The second-order valence-electron chi connectivity index (χ2n) is 5.23. The number of aryl methyl sites for hydroxylation is 2. The first-order valence-electron chi connectivity index (χ1n) is 7.14. The van der Waals surface area contributed by atoms with Gasteiger partial charge in [-0.25, -0.2) is 0 Å². The van der Waals surface area contributed by atoms with Crippen LogP contribution in [0, 0.1) is 13.8 Å². The molecule has 19 heavy (non-hydrogen) atoms. The van der Waals surface area contributed by atoms with Crippen LogP contribution in [0.25, 0.3) is 0 Å². The lowest BCUT2D eigenvalue weighted by atomic mass is 10.2. The zero-order chi connectivity index (χ0) is 13.8. The summed E-state index contributed by atoms with van der Waals surface area (Å²) in [5.41, 5.74) is 3.53. The Morgan fingerprint density at radius 2 is 2.16 bits per heavy atom. The Bertz CT molecular complexity index is 449. The molecule has 1 fully saturated rings. The maximum absolute atomic E-state index is 11.5. The van der Waals surface area contributed by atoms with Gasteiger partial charge in [-0.2, -0.15) is 5.10 Å². The van der Waals surface area contributed by atoms with Crippen LogP contribution >= 0.6 is 0 Å². The Hall–Kier alpha value is -1.36. The number of nitrogens with one attached hydrogen (secondary N) is 2. The molecule has 1 aliphatic carbocycles. The van der Waals surface area contributed by atoms with E-state index in [-0.39, 0.29) is 5.91 Å². The molecule has 106 valence electrons. The van der Waals surface area contributed by atoms with E-state index < -0.39 is 0 Å². The summed E-state index contributed by atoms with van der Waals surface area (Å²) >= 11 is 0. The molecule has 1 heterocycles. The predicted molar refractivity (Wildman–Crippen MR) is 74.9 cm³/mol. The average molecular weight is 264 g/mol. The summed E-state index contributed by atoms with van der Waals surface area (Å²) in [5, 5.41) is 10.9. The molecular formula is C14H24N4O. The predicted octanol–water partition coefficient (Wildman–Crippen LogP) is 1.28. The fourth-order valence-electron chi connectivity index (χ4n) is 2.23. The first-order valence-corrected chi connectivity index (χ1v) is 7.14. The standard InChI is InChI=1S/C14H24N4O/c1-4-15-14(19)7-8-18-11(3)13(10(2)17-18)9-16-12-5-6-12/h12,16H,4-9H2,1-3H3,(H,15,19). The number of rotatable bonds is 7. The number of hydrogen-bond donors (Lipinski definition) is 2. The number of amides is 1. The third kappa shape index (κ3) is 3.80. The van der Waals surface area contributed by atoms with E-state index in [4.69, 9.17) is 0 Å². The Kier molecular flexibility index (Phi) is 4.58. The van der Waals surface area contributed by atoms with Crippen molar-refractivity contribution in [3.63, 3.8) is 0 Å². The van der Waals surface area contributed by atoms with Gasteiger partial charge in [0.2, 0.25) is 5.91 Å². The molecule has 2 N–H and O–H groups in total. The summed E-state index contributed by atoms with van der Waals surface area (Å²) in [6, 6.07) is 0.706. The number of carbonyl (C=O) groups is 1. The third-order valence-electron chi connectivity index (χ3n) is 3.60. The van der Waals surface area contributed by atoms with Crippen molar-refractivity contribution in [2.45, 2.75) is 59.2 Å². The van der Waals surface area contributed by atoms with Gasteiger partial charge in [0.15, 0.2) is 0 Å². The normalized spacial score (nSPS) is 14.7. The first kappa shape index (κ1) is 14.1. The molecule has 0 aliphatic heterocycles. The molecule has 1 aromatic heterocycles. The Labute approximate surface area is 114 Å². The topological polar surface area (TPSA) is 59.0 Å². The molecule has 0 aromatic carbocycles. The van der Waals surface area contributed by atoms with Crippen molar-refractivity contribution in [3.8, 4) is 0 Å². The van der Waals surface area contributed by atoms with Crippen molar-refractivity contribution in [1.82, 2.24) is 20.4 Å². The second-order valence-corrected chi connectivity index (χ2v) is 5.23. The van der Waals surface area contributed by atoms with Gasteiger partial charge in [0, 0.05) is 43.4 Å². The van der Waals surface area contributed by atoms with Gasteiger partial charge in [0.05, 0.1) is 5.69 Å². The summed E-state index contributed by atoms with van der Waals surface area (Å²) < 4.78 is 1.95. The lowest BCUT2D eigenvalue weighted by molar-refractivity contribution is -0.121. The molecule has 0 bridgehead atoms. The Morgan fingerprint density at radius 1 is 1.42 bits per heavy atom. The lowest BCUT2D eigenvalue weighted by Gasteiger charge is -2.06. The van der Waals surface area contributed by atoms with Crippen LogP contribution in [-0.4, -0.2) is 28.3 Å². The zero-order valence-corrected chi connectivity index (χ0v) is 12.1. The molecule has 0 atom stereocenters. The van der Waals surface area contributed by atoms with Gasteiger partial charge in [-0.1, -0.05) is 0 Å². The molecule has 5 nitrogen and oxygen atoms in total. The average Bonchev–Trinajstić information content (AvgIpc) is 3.14. The van der Waals surface area contributed by atoms with Crippen molar-refractivity contribution in [3.05, 3.63) is 17.0 Å². The van der Waals surface area contributed by atoms with Crippen molar-refractivity contribution in [2.24, 2.45) is 0 Å². The number of nitrogens with zero attached hydrogens (tertiary/aromatic N) is 2. The van der Waals surface area contributed by atoms with Crippen LogP contribution in [0.15, 0.2) is 0 Å². The fraction of sp³-hybridized carbons (Fsp3) is 0.714. The van der Waals surface area contributed by atoms with Crippen LogP contribution < -0.4 is 10.6 Å². The summed E-state index contributed by atoms with van der Waals surface area (Å²) in [7, 11) is 0. The van der Waals surface area contributed by atoms with E-state index in [1.54, 1.807) is 0 Å². The molecule has 1 saturated carbocycles. The largest absolute Gasteiger partial charge is 0.356 e. The van der Waals surface area contributed by atoms with Crippen LogP contribution in [0.2, 0.25) is 0 Å². The summed E-state index contributed by atoms with van der Waals surface area (Å²) in [6.07, 6.45) is 3.08. The molecule has 2 rings (SSSR count). The first-order chi connectivity index (χ1) is 9.11. The highest BCUT2D eigenvalue weighted by molar-refractivity contribution is 5.75. The number of carbonyl (C=O) groups excluding carboxylic acids is 1. The summed E-state index contributed by atoms with van der Waals surface area (Å²) in [6.45, 7) is 8.29. The van der Waals surface area contributed by atoms with Crippen molar-refractivity contribution >= 4 is 5.91 Å². The van der Waals surface area contributed by atoms with E-state index in [0.717, 1.165) is 12.2 Å². The minimum atomic E-state index is 0.0905. The Balaban J connectivity index is 1.92. The van der Waals surface area contributed by atoms with Crippen molar-refractivity contribution in [1.29, 1.82) is 0 Å². The van der Waals surface area contributed by atoms with Crippen molar-refractivity contribution in [2.75, 3.05) is 6.54 Å². The Morgan fingerprint density at radius 3 is 2.79 bits per heavy atom.